The van der Waals surface area contributed by atoms with Crippen molar-refractivity contribution >= 4 is 0 Å². The molecule has 28 heavy (non-hydrogen) atoms. The second kappa shape index (κ2) is 21.9. The molecular formula is C25H52ClNO. The Labute approximate surface area is 184 Å². The molecule has 0 radical (unpaired) electrons. The van der Waals surface area contributed by atoms with Crippen LogP contribution in [0.2, 0.25) is 0 Å². The maximum absolute atomic E-state index is 5.26. The highest BCUT2D eigenvalue weighted by Crippen LogP contribution is 2.18. The van der Waals surface area contributed by atoms with Gasteiger partial charge >= 0.3 is 0 Å². The molecule has 1 saturated heterocycles. The minimum absolute atomic E-state index is 0. The third-order valence-electron chi connectivity index (χ3n) is 6.46. The molecule has 2 nitrogen and oxygen atoms in total. The van der Waals surface area contributed by atoms with Gasteiger partial charge in [-0.1, -0.05) is 96.3 Å². The van der Waals surface area contributed by atoms with E-state index in [1.54, 1.807) is 4.90 Å². The molecule has 0 saturated carbocycles. The van der Waals surface area contributed by atoms with Crippen molar-refractivity contribution in [3.05, 3.63) is 0 Å². The van der Waals surface area contributed by atoms with Gasteiger partial charge in [-0.25, -0.2) is 0 Å². The molecule has 0 amide bonds. The molecule has 1 fully saturated rings. The van der Waals surface area contributed by atoms with Crippen LogP contribution in [0.25, 0.3) is 0 Å². The Kier molecular flexibility index (Phi) is 22.1. The first-order valence-corrected chi connectivity index (χ1v) is 12.8. The fourth-order valence-electron chi connectivity index (χ4n) is 4.24. The van der Waals surface area contributed by atoms with Crippen LogP contribution in [0, 0.1) is 0 Å². The fourth-order valence-corrected chi connectivity index (χ4v) is 4.24. The van der Waals surface area contributed by atoms with Gasteiger partial charge in [0.2, 0.25) is 0 Å². The van der Waals surface area contributed by atoms with Gasteiger partial charge in [-0.2, -0.15) is 0 Å². The van der Waals surface area contributed by atoms with Crippen molar-refractivity contribution in [2.24, 2.45) is 0 Å². The molecule has 1 aliphatic heterocycles. The van der Waals surface area contributed by atoms with Crippen molar-refractivity contribution in [2.45, 2.75) is 136 Å². The van der Waals surface area contributed by atoms with Crippen molar-refractivity contribution in [1.29, 1.82) is 0 Å². The largest absolute Gasteiger partial charge is 1.00 e. The van der Waals surface area contributed by atoms with Crippen LogP contribution in [-0.2, 0) is 4.74 Å². The molecule has 170 valence electrons. The summed E-state index contributed by atoms with van der Waals surface area (Å²) in [4.78, 5) is 1.77. The summed E-state index contributed by atoms with van der Waals surface area (Å²) in [5, 5.41) is 0. The van der Waals surface area contributed by atoms with Crippen LogP contribution < -0.4 is 17.3 Å². The Morgan fingerprint density at radius 3 is 1.21 bits per heavy atom. The van der Waals surface area contributed by atoms with E-state index in [0.29, 0.717) is 6.10 Å². The quantitative estimate of drug-likeness (QED) is 0.211. The van der Waals surface area contributed by atoms with Crippen LogP contribution in [0.4, 0.5) is 0 Å². The van der Waals surface area contributed by atoms with Crippen LogP contribution in [-0.4, -0.2) is 32.3 Å². The predicted octanol–water partition coefficient (Wildman–Crippen LogP) is 3.34. The lowest BCUT2D eigenvalue weighted by molar-refractivity contribution is -0.896. The van der Waals surface area contributed by atoms with Crippen molar-refractivity contribution < 1.29 is 22.0 Å². The molecule has 1 aliphatic rings. The summed E-state index contributed by atoms with van der Waals surface area (Å²) in [5.74, 6) is 0. The minimum Gasteiger partial charge on any atom is -1.00 e. The van der Waals surface area contributed by atoms with E-state index < -0.39 is 0 Å². The second-order valence-corrected chi connectivity index (χ2v) is 8.96. The van der Waals surface area contributed by atoms with Gasteiger partial charge in [-0.3, -0.25) is 0 Å². The van der Waals surface area contributed by atoms with Crippen LogP contribution in [0.5, 0.6) is 0 Å². The molecule has 1 heterocycles. The SMILES string of the molecule is CC[NH+](CC)CCCCCCCCCCCCCCCCCCCC1CO1.[Cl-]. The topological polar surface area (TPSA) is 17.0 Å². The van der Waals surface area contributed by atoms with E-state index in [1.165, 1.54) is 135 Å². The van der Waals surface area contributed by atoms with Crippen molar-refractivity contribution in [1.82, 2.24) is 0 Å². The molecule has 0 aliphatic carbocycles. The van der Waals surface area contributed by atoms with Crippen molar-refractivity contribution in [2.75, 3.05) is 26.2 Å². The van der Waals surface area contributed by atoms with Gasteiger partial charge in [0.1, 0.15) is 0 Å². The number of unbranched alkanes of at least 4 members (excludes halogenated alkanes) is 16. The first kappa shape index (κ1) is 28.2. The molecule has 3 heteroatoms. The number of nitrogens with one attached hydrogen (secondary N) is 1. The highest BCUT2D eigenvalue weighted by molar-refractivity contribution is 4.68. The number of ether oxygens (including phenoxy) is 1. The average Bonchev–Trinajstić information content (AvgIpc) is 3.51. The van der Waals surface area contributed by atoms with E-state index in [2.05, 4.69) is 13.8 Å². The van der Waals surface area contributed by atoms with E-state index in [0.717, 1.165) is 6.61 Å². The number of epoxide rings is 1. The van der Waals surface area contributed by atoms with E-state index >= 15 is 0 Å². The summed E-state index contributed by atoms with van der Waals surface area (Å²) < 4.78 is 5.26. The summed E-state index contributed by atoms with van der Waals surface area (Å²) in [6, 6.07) is 0. The summed E-state index contributed by atoms with van der Waals surface area (Å²) >= 11 is 0. The van der Waals surface area contributed by atoms with Gasteiger partial charge in [0.05, 0.1) is 32.3 Å². The molecule has 0 spiro atoms. The average molecular weight is 418 g/mol. The summed E-state index contributed by atoms with van der Waals surface area (Å²) in [6.45, 7) is 9.65. The van der Waals surface area contributed by atoms with E-state index in [-0.39, 0.29) is 12.4 Å². The lowest BCUT2D eigenvalue weighted by atomic mass is 10.0. The Morgan fingerprint density at radius 2 is 0.893 bits per heavy atom. The molecule has 1 N–H and O–H groups in total. The predicted molar refractivity (Wildman–Crippen MR) is 120 cm³/mol. The third kappa shape index (κ3) is 19.5. The number of halogens is 1. The number of hydrogen-bond acceptors (Lipinski definition) is 1. The van der Waals surface area contributed by atoms with Crippen LogP contribution in [0.3, 0.4) is 0 Å². The Balaban J connectivity index is 0.00000729. The van der Waals surface area contributed by atoms with Crippen molar-refractivity contribution in [3.8, 4) is 0 Å². The van der Waals surface area contributed by atoms with Crippen LogP contribution in [0.15, 0.2) is 0 Å². The van der Waals surface area contributed by atoms with E-state index in [1.807, 2.05) is 0 Å². The van der Waals surface area contributed by atoms with Crippen molar-refractivity contribution in [3.63, 3.8) is 0 Å². The lowest BCUT2D eigenvalue weighted by Gasteiger charge is -2.14. The highest BCUT2D eigenvalue weighted by atomic mass is 35.5. The molecule has 0 aromatic rings. The zero-order valence-electron chi connectivity index (χ0n) is 19.4. The Hall–Kier alpha value is 0.210. The summed E-state index contributed by atoms with van der Waals surface area (Å²) in [7, 11) is 0. The molecule has 1 unspecified atom stereocenters. The zero-order valence-corrected chi connectivity index (χ0v) is 20.2. The Morgan fingerprint density at radius 1 is 0.571 bits per heavy atom. The highest BCUT2D eigenvalue weighted by Gasteiger charge is 2.20. The molecule has 0 aromatic carbocycles. The maximum Gasteiger partial charge on any atom is 0.0810 e. The standard InChI is InChI=1S/C25H51NO.ClH/c1-3-26(4-2)23-21-19-17-15-13-11-9-7-5-6-8-10-12-14-16-18-20-22-25-24-27-25;/h25H,3-24H2,1-2H3;1H. The number of hydrogen-bond donors (Lipinski definition) is 1. The molecular weight excluding hydrogens is 366 g/mol. The molecule has 1 atom stereocenters. The fraction of sp³-hybridized carbons (Fsp3) is 1.00. The van der Waals surface area contributed by atoms with Gasteiger partial charge in [0.25, 0.3) is 0 Å². The van der Waals surface area contributed by atoms with Gasteiger partial charge in [-0.15, -0.1) is 0 Å². The van der Waals surface area contributed by atoms with Gasteiger partial charge in [0, 0.05) is 0 Å². The molecule has 0 bridgehead atoms. The summed E-state index contributed by atoms with van der Waals surface area (Å²) in [5.41, 5.74) is 0. The first-order valence-electron chi connectivity index (χ1n) is 12.8. The zero-order chi connectivity index (χ0) is 19.4. The lowest BCUT2D eigenvalue weighted by Crippen LogP contribution is -3.11. The van der Waals surface area contributed by atoms with Crippen LogP contribution >= 0.6 is 0 Å². The number of rotatable bonds is 22. The molecule has 0 aromatic heterocycles. The third-order valence-corrected chi connectivity index (χ3v) is 6.46. The Bertz CT molecular complexity index is 292. The minimum atomic E-state index is 0. The van der Waals surface area contributed by atoms with E-state index in [4.69, 9.17) is 4.74 Å². The monoisotopic (exact) mass is 417 g/mol. The van der Waals surface area contributed by atoms with Gasteiger partial charge < -0.3 is 22.0 Å². The first-order chi connectivity index (χ1) is 13.4. The maximum atomic E-state index is 5.26. The van der Waals surface area contributed by atoms with Gasteiger partial charge in [0.15, 0.2) is 0 Å². The molecule has 1 rings (SSSR count). The summed E-state index contributed by atoms with van der Waals surface area (Å²) in [6.07, 6.45) is 26.8. The second-order valence-electron chi connectivity index (χ2n) is 8.96. The normalized spacial score (nSPS) is 15.8. The van der Waals surface area contributed by atoms with Crippen LogP contribution in [0.1, 0.15) is 129 Å². The van der Waals surface area contributed by atoms with E-state index in [9.17, 15) is 0 Å². The smallest absolute Gasteiger partial charge is 0.0810 e. The van der Waals surface area contributed by atoms with Gasteiger partial charge in [-0.05, 0) is 33.1 Å². The number of quaternary nitrogens is 1.